The second-order valence-electron chi connectivity index (χ2n) is 7.50. The molecule has 4 heteroatoms. The average molecular weight is 277 g/mol. The average Bonchev–Trinajstić information content (AvgIpc) is 2.97. The van der Waals surface area contributed by atoms with Crippen LogP contribution in [0.4, 0.5) is 0 Å². The monoisotopic (exact) mass is 277 g/mol. The summed E-state index contributed by atoms with van der Waals surface area (Å²) >= 11 is 0. The van der Waals surface area contributed by atoms with Crippen molar-refractivity contribution in [2.45, 2.75) is 82.7 Å². The molecule has 20 heavy (non-hydrogen) atoms. The molecule has 1 saturated heterocycles. The zero-order valence-electron chi connectivity index (χ0n) is 13.1. The van der Waals surface area contributed by atoms with E-state index >= 15 is 0 Å². The van der Waals surface area contributed by atoms with Crippen molar-refractivity contribution >= 4 is 0 Å². The minimum Gasteiger partial charge on any atom is -0.368 e. The highest BCUT2D eigenvalue weighted by molar-refractivity contribution is 5.02. The molecule has 0 amide bonds. The zero-order valence-corrected chi connectivity index (χ0v) is 13.1. The number of hydrogen-bond donors (Lipinski definition) is 1. The second kappa shape index (κ2) is 4.85. The maximum absolute atomic E-state index is 6.20. The summed E-state index contributed by atoms with van der Waals surface area (Å²) in [4.78, 5) is 4.20. The largest absolute Gasteiger partial charge is 0.368 e. The molecule has 1 aromatic heterocycles. The first-order valence-electron chi connectivity index (χ1n) is 7.81. The third-order valence-electron chi connectivity index (χ3n) is 4.88. The van der Waals surface area contributed by atoms with E-state index in [0.717, 1.165) is 6.42 Å². The summed E-state index contributed by atoms with van der Waals surface area (Å²) in [7, 11) is 0. The summed E-state index contributed by atoms with van der Waals surface area (Å²) in [5.41, 5.74) is -0.115. The van der Waals surface area contributed by atoms with E-state index in [2.05, 4.69) is 48.8 Å². The van der Waals surface area contributed by atoms with Gasteiger partial charge in [0.2, 0.25) is 0 Å². The van der Waals surface area contributed by atoms with Gasteiger partial charge in [0.25, 0.3) is 0 Å². The number of rotatable bonds is 3. The molecule has 3 atom stereocenters. The second-order valence-corrected chi connectivity index (χ2v) is 7.50. The van der Waals surface area contributed by atoms with Gasteiger partial charge in [-0.25, -0.2) is 4.98 Å². The molecule has 2 fully saturated rings. The molecule has 112 valence electrons. The molecule has 1 aliphatic carbocycles. The van der Waals surface area contributed by atoms with Crippen LogP contribution in [-0.2, 0) is 4.74 Å². The van der Waals surface area contributed by atoms with Crippen LogP contribution in [0.15, 0.2) is 18.7 Å². The van der Waals surface area contributed by atoms with Crippen LogP contribution < -0.4 is 5.32 Å². The molecule has 0 aromatic carbocycles. The van der Waals surface area contributed by atoms with Crippen LogP contribution in [0.5, 0.6) is 0 Å². The van der Waals surface area contributed by atoms with Gasteiger partial charge in [0.15, 0.2) is 0 Å². The lowest BCUT2D eigenvalue weighted by molar-refractivity contribution is -0.0706. The van der Waals surface area contributed by atoms with Gasteiger partial charge in [-0.1, -0.05) is 0 Å². The predicted molar refractivity (Wildman–Crippen MR) is 79.7 cm³/mol. The fraction of sp³-hybridized carbons (Fsp3) is 0.812. The van der Waals surface area contributed by atoms with Crippen molar-refractivity contribution in [3.63, 3.8) is 0 Å². The van der Waals surface area contributed by atoms with Crippen LogP contribution in [-0.4, -0.2) is 32.8 Å². The van der Waals surface area contributed by atoms with E-state index in [0.29, 0.717) is 18.1 Å². The number of nitrogens with zero attached hydrogens (tertiary/aromatic N) is 2. The van der Waals surface area contributed by atoms with Crippen LogP contribution in [0.1, 0.15) is 59.4 Å². The van der Waals surface area contributed by atoms with Gasteiger partial charge < -0.3 is 14.6 Å². The summed E-state index contributed by atoms with van der Waals surface area (Å²) in [5, 5.41) is 3.89. The maximum Gasteiger partial charge on any atom is 0.0949 e. The quantitative estimate of drug-likeness (QED) is 0.923. The topological polar surface area (TPSA) is 39.1 Å². The van der Waals surface area contributed by atoms with Gasteiger partial charge in [0.1, 0.15) is 0 Å². The van der Waals surface area contributed by atoms with Crippen LogP contribution >= 0.6 is 0 Å². The molecule has 1 aliphatic heterocycles. The maximum atomic E-state index is 6.20. The lowest BCUT2D eigenvalue weighted by Gasteiger charge is -2.32. The lowest BCUT2D eigenvalue weighted by Crippen LogP contribution is -2.49. The number of hydrogen-bond acceptors (Lipinski definition) is 3. The first kappa shape index (κ1) is 14.1. The SMILES string of the molecule is CC1(C)CC(NC2CCCC2n2ccnc2)C(C)(C)O1. The van der Waals surface area contributed by atoms with Crippen molar-refractivity contribution < 1.29 is 4.74 Å². The van der Waals surface area contributed by atoms with E-state index < -0.39 is 0 Å². The van der Waals surface area contributed by atoms with E-state index in [1.54, 1.807) is 0 Å². The normalized spacial score (nSPS) is 35.5. The Bertz CT molecular complexity index is 452. The molecule has 3 unspecified atom stereocenters. The Balaban J connectivity index is 1.71. The molecular formula is C16H27N3O. The number of aromatic nitrogens is 2. The van der Waals surface area contributed by atoms with Gasteiger partial charge in [0, 0.05) is 30.5 Å². The Morgan fingerprint density at radius 3 is 2.65 bits per heavy atom. The molecule has 0 spiro atoms. The molecule has 3 rings (SSSR count). The third kappa shape index (κ3) is 2.63. The summed E-state index contributed by atoms with van der Waals surface area (Å²) in [6.45, 7) is 8.80. The van der Waals surface area contributed by atoms with Crippen LogP contribution in [0.2, 0.25) is 0 Å². The van der Waals surface area contributed by atoms with Crippen LogP contribution in [0.3, 0.4) is 0 Å². The van der Waals surface area contributed by atoms with Gasteiger partial charge >= 0.3 is 0 Å². The van der Waals surface area contributed by atoms with Gasteiger partial charge in [-0.3, -0.25) is 0 Å². The number of nitrogens with one attached hydrogen (secondary N) is 1. The molecule has 2 heterocycles. The van der Waals surface area contributed by atoms with Crippen molar-refractivity contribution in [1.29, 1.82) is 0 Å². The Hall–Kier alpha value is -0.870. The summed E-state index contributed by atoms with van der Waals surface area (Å²) in [6.07, 6.45) is 10.8. The van der Waals surface area contributed by atoms with Gasteiger partial charge in [-0.15, -0.1) is 0 Å². The van der Waals surface area contributed by atoms with Crippen molar-refractivity contribution in [2.24, 2.45) is 0 Å². The molecular weight excluding hydrogens is 250 g/mol. The lowest BCUT2D eigenvalue weighted by atomic mass is 9.93. The summed E-state index contributed by atoms with van der Waals surface area (Å²) in [6, 6.07) is 1.50. The predicted octanol–water partition coefficient (Wildman–Crippen LogP) is 2.91. The summed E-state index contributed by atoms with van der Waals surface area (Å²) in [5.74, 6) is 0. The van der Waals surface area contributed by atoms with Crippen molar-refractivity contribution in [3.8, 4) is 0 Å². The number of imidazole rings is 1. The highest BCUT2D eigenvalue weighted by Gasteiger charge is 2.47. The van der Waals surface area contributed by atoms with E-state index in [9.17, 15) is 0 Å². The van der Waals surface area contributed by atoms with Crippen molar-refractivity contribution in [1.82, 2.24) is 14.9 Å². The zero-order chi connectivity index (χ0) is 14.4. The highest BCUT2D eigenvalue weighted by Crippen LogP contribution is 2.39. The van der Waals surface area contributed by atoms with E-state index in [1.807, 2.05) is 12.5 Å². The van der Waals surface area contributed by atoms with Crippen LogP contribution in [0.25, 0.3) is 0 Å². The Morgan fingerprint density at radius 2 is 2.05 bits per heavy atom. The first-order chi connectivity index (χ1) is 9.37. The van der Waals surface area contributed by atoms with Gasteiger partial charge in [-0.05, 0) is 53.4 Å². The highest BCUT2D eigenvalue weighted by atomic mass is 16.5. The molecule has 1 saturated carbocycles. The first-order valence-corrected chi connectivity index (χ1v) is 7.81. The Kier molecular flexibility index (Phi) is 3.41. The molecule has 1 aromatic rings. The minimum atomic E-state index is -0.0917. The van der Waals surface area contributed by atoms with Gasteiger partial charge in [0.05, 0.1) is 17.5 Å². The fourth-order valence-electron chi connectivity index (χ4n) is 4.04. The van der Waals surface area contributed by atoms with Crippen molar-refractivity contribution in [2.75, 3.05) is 0 Å². The molecule has 4 nitrogen and oxygen atoms in total. The smallest absolute Gasteiger partial charge is 0.0949 e. The standard InChI is InChI=1S/C16H27N3O/c1-15(2)10-14(16(3,4)20-15)18-12-6-5-7-13(12)19-9-8-17-11-19/h8-9,11-14,18H,5-7,10H2,1-4H3. The molecule has 0 radical (unpaired) electrons. The Morgan fingerprint density at radius 1 is 1.25 bits per heavy atom. The number of ether oxygens (including phenoxy) is 1. The molecule has 0 bridgehead atoms. The molecule has 2 aliphatic rings. The minimum absolute atomic E-state index is 0.0235. The van der Waals surface area contributed by atoms with E-state index in [-0.39, 0.29) is 11.2 Å². The van der Waals surface area contributed by atoms with E-state index in [4.69, 9.17) is 4.74 Å². The third-order valence-corrected chi connectivity index (χ3v) is 4.88. The van der Waals surface area contributed by atoms with Crippen LogP contribution in [0, 0.1) is 0 Å². The van der Waals surface area contributed by atoms with Gasteiger partial charge in [-0.2, -0.15) is 0 Å². The summed E-state index contributed by atoms with van der Waals surface area (Å²) < 4.78 is 8.47. The Labute approximate surface area is 121 Å². The van der Waals surface area contributed by atoms with E-state index in [1.165, 1.54) is 19.3 Å². The molecule has 1 N–H and O–H groups in total. The fourth-order valence-corrected chi connectivity index (χ4v) is 4.04. The van der Waals surface area contributed by atoms with Crippen molar-refractivity contribution in [3.05, 3.63) is 18.7 Å².